The molecule has 42 valence electrons. The normalized spacial score (nSPS) is 11.3. The zero-order chi connectivity index (χ0) is 5.91. The summed E-state index contributed by atoms with van der Waals surface area (Å²) in [5, 5.41) is 3.07. The average molecular weight is 115 g/mol. The van der Waals surface area contributed by atoms with Crippen molar-refractivity contribution >= 4 is 8.07 Å². The highest BCUT2D eigenvalue weighted by molar-refractivity contribution is 6.76. The fourth-order valence-electron chi connectivity index (χ4n) is 0.212. The zero-order valence-corrected chi connectivity index (χ0v) is 6.10. The second-order valence-corrected chi connectivity index (χ2v) is 8.30. The Hall–Kier alpha value is -0.183. The first kappa shape index (κ1) is 6.82. The molecule has 0 rings (SSSR count). The van der Waals surface area contributed by atoms with Crippen LogP contribution in [0.4, 0.5) is 0 Å². The number of hydrogen-bond donors (Lipinski definition) is 0. The Morgan fingerprint density at radius 2 is 1.86 bits per heavy atom. The van der Waals surface area contributed by atoms with Crippen LogP contribution in [0.25, 0.3) is 5.53 Å². The molecule has 7 heavy (non-hydrogen) atoms. The van der Waals surface area contributed by atoms with Gasteiger partial charge in [0.1, 0.15) is 0 Å². The molecule has 0 aliphatic carbocycles. The monoisotopic (exact) mass is 115 g/mol. The van der Waals surface area contributed by atoms with Crippen molar-refractivity contribution in [2.45, 2.75) is 19.6 Å². The first-order chi connectivity index (χ1) is 3.06. The van der Waals surface area contributed by atoms with Crippen LogP contribution >= 0.6 is 0 Å². The molecule has 0 radical (unpaired) electrons. The van der Waals surface area contributed by atoms with Crippen molar-refractivity contribution in [3.8, 4) is 0 Å². The van der Waals surface area contributed by atoms with E-state index in [-0.39, 0.29) is 0 Å². The minimum atomic E-state index is -1.07. The largest absolute Gasteiger partial charge is 0.712 e. The van der Waals surface area contributed by atoms with E-state index in [2.05, 4.69) is 24.8 Å². The lowest BCUT2D eigenvalue weighted by atomic mass is 11.5. The molecule has 0 heterocycles. The predicted molar refractivity (Wildman–Crippen MR) is 34.0 cm³/mol. The summed E-state index contributed by atoms with van der Waals surface area (Å²) in [6, 6.07) is 0. The molecule has 0 aromatic heterocycles. The molecule has 0 aromatic rings. The Kier molecular flexibility index (Phi) is 2.15. The molecule has 0 aromatic carbocycles. The quantitative estimate of drug-likeness (QED) is 0.389. The van der Waals surface area contributed by atoms with Gasteiger partial charge in [0.25, 0.3) is 0 Å². The fraction of sp³-hybridized carbons (Fsp3) is 1.00. The van der Waals surface area contributed by atoms with Crippen molar-refractivity contribution in [2.24, 2.45) is 5.11 Å². The van der Waals surface area contributed by atoms with Gasteiger partial charge in [-0.3, -0.25) is 0 Å². The van der Waals surface area contributed by atoms with Gasteiger partial charge in [0.15, 0.2) is 0 Å². The van der Waals surface area contributed by atoms with Crippen molar-refractivity contribution in [1.29, 1.82) is 0 Å². The molecule has 3 heteroatoms. The van der Waals surface area contributed by atoms with Crippen LogP contribution in [0.5, 0.6) is 0 Å². The summed E-state index contributed by atoms with van der Waals surface area (Å²) in [5.41, 5.74) is 8.06. The molecule has 0 fully saturated rings. The highest BCUT2D eigenvalue weighted by Gasteiger charge is 2.08. The van der Waals surface area contributed by atoms with Crippen LogP contribution in [0, 0.1) is 0 Å². The van der Waals surface area contributed by atoms with Gasteiger partial charge in [-0.2, -0.15) is 0 Å². The summed E-state index contributed by atoms with van der Waals surface area (Å²) < 4.78 is 0. The van der Waals surface area contributed by atoms with E-state index < -0.39 is 8.07 Å². The number of rotatable bonds is 2. The minimum Gasteiger partial charge on any atom is -0.712 e. The summed E-state index contributed by atoms with van der Waals surface area (Å²) in [6.45, 7) is 6.48. The van der Waals surface area contributed by atoms with Gasteiger partial charge in [0.2, 0.25) is 0 Å². The Bertz CT molecular complexity index is 64.6. The maximum Gasteiger partial charge on any atom is 0.0667 e. The molecule has 0 saturated carbocycles. The molecule has 0 saturated heterocycles. The first-order valence-electron chi connectivity index (χ1n) is 2.37. The van der Waals surface area contributed by atoms with E-state index in [1.54, 1.807) is 0 Å². The van der Waals surface area contributed by atoms with E-state index in [0.717, 1.165) is 0 Å². The van der Waals surface area contributed by atoms with E-state index in [9.17, 15) is 0 Å². The van der Waals surface area contributed by atoms with Gasteiger partial charge in [-0.25, -0.2) is 0 Å². The summed E-state index contributed by atoms with van der Waals surface area (Å²) in [6.07, 6.45) is 0.660. The van der Waals surface area contributed by atoms with Gasteiger partial charge >= 0.3 is 0 Å². The minimum absolute atomic E-state index is 0.660. The van der Waals surface area contributed by atoms with E-state index in [0.29, 0.717) is 6.17 Å². The third-order valence-electron chi connectivity index (χ3n) is 0.545. The van der Waals surface area contributed by atoms with Crippen molar-refractivity contribution in [3.63, 3.8) is 0 Å². The van der Waals surface area contributed by atoms with Gasteiger partial charge in [-0.05, 0) is 0 Å². The Morgan fingerprint density at radius 1 is 1.43 bits per heavy atom. The molecule has 0 atom stereocenters. The molecule has 0 amide bonds. The van der Waals surface area contributed by atoms with Crippen LogP contribution in [-0.2, 0) is 0 Å². The first-order valence-corrected chi connectivity index (χ1v) is 6.08. The molecule has 0 N–H and O–H groups in total. The van der Waals surface area contributed by atoms with E-state index in [4.69, 9.17) is 5.53 Å². The highest BCUT2D eigenvalue weighted by Crippen LogP contribution is 1.98. The van der Waals surface area contributed by atoms with Crippen molar-refractivity contribution in [3.05, 3.63) is 5.53 Å². The maximum atomic E-state index is 8.06. The topological polar surface area (TPSA) is 34.7 Å². The fourth-order valence-corrected chi connectivity index (χ4v) is 0.636. The summed E-state index contributed by atoms with van der Waals surface area (Å²) in [5.74, 6) is 0. The maximum absolute atomic E-state index is 8.06. The Labute approximate surface area is 45.5 Å². The SMILES string of the molecule is C[Si](C)(C)CN=[N-]. The van der Waals surface area contributed by atoms with Crippen LogP contribution in [0.15, 0.2) is 5.11 Å². The van der Waals surface area contributed by atoms with E-state index in [1.165, 1.54) is 0 Å². The van der Waals surface area contributed by atoms with Crippen LogP contribution in [-0.4, -0.2) is 14.2 Å². The van der Waals surface area contributed by atoms with Crippen LogP contribution in [0.2, 0.25) is 19.6 Å². The molecule has 0 aliphatic heterocycles. The van der Waals surface area contributed by atoms with Crippen LogP contribution in [0.3, 0.4) is 0 Å². The second-order valence-electron chi connectivity index (χ2n) is 2.86. The van der Waals surface area contributed by atoms with Gasteiger partial charge in [0, 0.05) is 6.17 Å². The van der Waals surface area contributed by atoms with Gasteiger partial charge in [0.05, 0.1) is 8.07 Å². The second kappa shape index (κ2) is 2.21. The van der Waals surface area contributed by atoms with Crippen molar-refractivity contribution in [1.82, 2.24) is 0 Å². The smallest absolute Gasteiger partial charge is 0.0667 e. The molecule has 0 unspecified atom stereocenters. The van der Waals surface area contributed by atoms with Crippen LogP contribution in [0.1, 0.15) is 0 Å². The highest BCUT2D eigenvalue weighted by atomic mass is 28.3. The third kappa shape index (κ3) is 5.82. The third-order valence-corrected chi connectivity index (χ3v) is 1.64. The predicted octanol–water partition coefficient (Wildman–Crippen LogP) is 1.89. The van der Waals surface area contributed by atoms with Gasteiger partial charge in [-0.15, -0.1) is 0 Å². The Morgan fingerprint density at radius 3 is 1.86 bits per heavy atom. The number of nitrogens with zero attached hydrogens (tertiary/aromatic N) is 2. The van der Waals surface area contributed by atoms with Gasteiger partial charge in [-0.1, -0.05) is 19.6 Å². The summed E-state index contributed by atoms with van der Waals surface area (Å²) in [4.78, 5) is 0. The summed E-state index contributed by atoms with van der Waals surface area (Å²) >= 11 is 0. The average Bonchev–Trinajstić information content (AvgIpc) is 1.30. The summed E-state index contributed by atoms with van der Waals surface area (Å²) in [7, 11) is -1.07. The van der Waals surface area contributed by atoms with Crippen LogP contribution < -0.4 is 0 Å². The van der Waals surface area contributed by atoms with Gasteiger partial charge < -0.3 is 10.6 Å². The Balaban J connectivity index is 3.34. The molecule has 0 spiro atoms. The van der Waals surface area contributed by atoms with E-state index >= 15 is 0 Å². The molecular weight excluding hydrogens is 104 g/mol. The molecule has 0 aliphatic rings. The molecular formula is C4H11N2Si-. The lowest BCUT2D eigenvalue weighted by Crippen LogP contribution is -2.24. The zero-order valence-electron chi connectivity index (χ0n) is 5.10. The number of hydrogen-bond acceptors (Lipinski definition) is 1. The lowest BCUT2D eigenvalue weighted by molar-refractivity contribution is 1.26. The van der Waals surface area contributed by atoms with E-state index in [1.807, 2.05) is 0 Å². The lowest BCUT2D eigenvalue weighted by Gasteiger charge is -2.12. The van der Waals surface area contributed by atoms with Crippen molar-refractivity contribution in [2.75, 3.05) is 6.17 Å². The van der Waals surface area contributed by atoms with Crippen molar-refractivity contribution < 1.29 is 0 Å². The molecule has 0 bridgehead atoms. The molecule has 2 nitrogen and oxygen atoms in total. The standard InChI is InChI=1S/C4H11N2Si/c1-7(2,3)4-6-5/h4H2,1-3H3/q-1.